The van der Waals surface area contributed by atoms with E-state index < -0.39 is 10.0 Å². The summed E-state index contributed by atoms with van der Waals surface area (Å²) in [5, 5.41) is 0.889. The van der Waals surface area contributed by atoms with Crippen LogP contribution < -0.4 is 4.72 Å². The lowest BCUT2D eigenvalue weighted by molar-refractivity contribution is 0.601. The van der Waals surface area contributed by atoms with Crippen molar-refractivity contribution < 1.29 is 8.42 Å². The van der Waals surface area contributed by atoms with E-state index in [9.17, 15) is 8.42 Å². The number of rotatable bonds is 1. The Morgan fingerprint density at radius 2 is 1.54 bits per heavy atom. The zero-order valence-electron chi connectivity index (χ0n) is 13.3. The van der Waals surface area contributed by atoms with Gasteiger partial charge in [-0.1, -0.05) is 53.5 Å². The summed E-state index contributed by atoms with van der Waals surface area (Å²) >= 11 is 12.2. The van der Waals surface area contributed by atoms with Gasteiger partial charge < -0.3 is 0 Å². The molecule has 0 radical (unpaired) electrons. The van der Waals surface area contributed by atoms with Crippen LogP contribution in [0.4, 0.5) is 11.4 Å². The summed E-state index contributed by atoms with van der Waals surface area (Å²) in [5.41, 5.74) is 2.72. The number of halogens is 2. The molecule has 0 amide bonds. The SMILES string of the molecule is O=S1(=O)Nc2ccc(Cl)cc2C(c2ccccc2)=Nc2cc(Cl)ccc21. The van der Waals surface area contributed by atoms with Crippen molar-refractivity contribution in [3.05, 3.63) is 87.9 Å². The van der Waals surface area contributed by atoms with E-state index in [2.05, 4.69) is 9.71 Å². The van der Waals surface area contributed by atoms with Crippen LogP contribution in [0.1, 0.15) is 11.1 Å². The molecule has 7 heteroatoms. The van der Waals surface area contributed by atoms with E-state index in [1.54, 1.807) is 18.2 Å². The number of aliphatic imine (C=N–C) groups is 1. The van der Waals surface area contributed by atoms with E-state index in [4.69, 9.17) is 23.2 Å². The Hall–Kier alpha value is -2.34. The minimum atomic E-state index is -3.81. The second-order valence-corrected chi connectivity index (χ2v) is 8.26. The topological polar surface area (TPSA) is 58.5 Å². The highest BCUT2D eigenvalue weighted by Gasteiger charge is 2.25. The Morgan fingerprint density at radius 3 is 2.31 bits per heavy atom. The molecule has 0 unspecified atom stereocenters. The number of nitrogens with one attached hydrogen (secondary N) is 1. The molecule has 0 saturated heterocycles. The van der Waals surface area contributed by atoms with Gasteiger partial charge in [0, 0.05) is 21.2 Å². The van der Waals surface area contributed by atoms with Crippen molar-refractivity contribution in [2.75, 3.05) is 4.72 Å². The summed E-state index contributed by atoms with van der Waals surface area (Å²) < 4.78 is 28.2. The summed E-state index contributed by atoms with van der Waals surface area (Å²) in [5.74, 6) is 0. The monoisotopic (exact) mass is 402 g/mol. The lowest BCUT2D eigenvalue weighted by Crippen LogP contribution is -2.18. The Kier molecular flexibility index (Phi) is 4.23. The summed E-state index contributed by atoms with van der Waals surface area (Å²) in [4.78, 5) is 4.73. The molecule has 1 aliphatic rings. The molecule has 1 aliphatic heterocycles. The fourth-order valence-electron chi connectivity index (χ4n) is 2.80. The molecule has 0 fully saturated rings. The minimum absolute atomic E-state index is 0.0657. The standard InChI is InChI=1S/C19H12Cl2N2O2S/c20-13-6-8-16-15(10-13)19(12-4-2-1-3-5-12)22-17-11-14(21)7-9-18(17)26(24,25)23-16/h1-11,23H. The average Bonchev–Trinajstić information content (AvgIpc) is 2.61. The van der Waals surface area contributed by atoms with Crippen LogP contribution in [-0.4, -0.2) is 14.1 Å². The van der Waals surface area contributed by atoms with Gasteiger partial charge in [0.2, 0.25) is 0 Å². The first-order valence-electron chi connectivity index (χ1n) is 7.70. The minimum Gasteiger partial charge on any atom is -0.279 e. The van der Waals surface area contributed by atoms with E-state index in [0.29, 0.717) is 27.0 Å². The quantitative estimate of drug-likeness (QED) is 0.601. The third kappa shape index (κ3) is 3.09. The van der Waals surface area contributed by atoms with E-state index in [1.165, 1.54) is 18.2 Å². The van der Waals surface area contributed by atoms with Crippen LogP contribution in [-0.2, 0) is 10.0 Å². The number of hydrogen-bond acceptors (Lipinski definition) is 3. The first-order valence-corrected chi connectivity index (χ1v) is 9.94. The van der Waals surface area contributed by atoms with Crippen molar-refractivity contribution in [2.45, 2.75) is 4.90 Å². The maximum absolute atomic E-state index is 12.8. The van der Waals surface area contributed by atoms with Crippen LogP contribution in [0.25, 0.3) is 0 Å². The molecule has 4 rings (SSSR count). The normalized spacial score (nSPS) is 14.9. The smallest absolute Gasteiger partial charge is 0.264 e. The van der Waals surface area contributed by atoms with Crippen LogP contribution in [0.3, 0.4) is 0 Å². The maximum atomic E-state index is 12.8. The highest BCUT2D eigenvalue weighted by molar-refractivity contribution is 7.92. The van der Waals surface area contributed by atoms with Gasteiger partial charge in [0.15, 0.2) is 0 Å². The molecule has 1 heterocycles. The van der Waals surface area contributed by atoms with Crippen LogP contribution >= 0.6 is 23.2 Å². The molecule has 1 N–H and O–H groups in total. The molecule has 0 saturated carbocycles. The van der Waals surface area contributed by atoms with Gasteiger partial charge in [0.05, 0.1) is 17.1 Å². The van der Waals surface area contributed by atoms with Crippen molar-refractivity contribution in [3.8, 4) is 0 Å². The van der Waals surface area contributed by atoms with Gasteiger partial charge in [-0.05, 0) is 36.4 Å². The van der Waals surface area contributed by atoms with Crippen LogP contribution in [0.2, 0.25) is 10.0 Å². The zero-order valence-corrected chi connectivity index (χ0v) is 15.6. The Labute approximate surface area is 161 Å². The van der Waals surface area contributed by atoms with Gasteiger partial charge in [-0.15, -0.1) is 0 Å². The van der Waals surface area contributed by atoms with Gasteiger partial charge in [-0.2, -0.15) is 0 Å². The van der Waals surface area contributed by atoms with E-state index in [0.717, 1.165) is 5.56 Å². The van der Waals surface area contributed by atoms with Gasteiger partial charge in [0.1, 0.15) is 4.90 Å². The highest BCUT2D eigenvalue weighted by atomic mass is 35.5. The Balaban J connectivity index is 2.10. The molecule has 130 valence electrons. The molecule has 0 atom stereocenters. The predicted molar refractivity (Wildman–Crippen MR) is 105 cm³/mol. The van der Waals surface area contributed by atoms with E-state index in [-0.39, 0.29) is 10.6 Å². The number of nitrogens with zero attached hydrogens (tertiary/aromatic N) is 1. The molecule has 0 bridgehead atoms. The molecule has 26 heavy (non-hydrogen) atoms. The lowest BCUT2D eigenvalue weighted by atomic mass is 10.0. The Bertz CT molecular complexity index is 1140. The van der Waals surface area contributed by atoms with Crippen molar-refractivity contribution in [2.24, 2.45) is 4.99 Å². The molecule has 3 aromatic rings. The second kappa shape index (κ2) is 6.43. The first kappa shape index (κ1) is 17.1. The Morgan fingerprint density at radius 1 is 0.846 bits per heavy atom. The zero-order chi connectivity index (χ0) is 18.3. The van der Waals surface area contributed by atoms with Crippen LogP contribution in [0.15, 0.2) is 76.6 Å². The van der Waals surface area contributed by atoms with Gasteiger partial charge in [-0.3, -0.25) is 4.72 Å². The van der Waals surface area contributed by atoms with Crippen molar-refractivity contribution in [1.82, 2.24) is 0 Å². The first-order chi connectivity index (χ1) is 12.4. The molecule has 4 nitrogen and oxygen atoms in total. The molecule has 0 aromatic heterocycles. The number of benzene rings is 3. The fraction of sp³-hybridized carbons (Fsp3) is 0. The third-order valence-corrected chi connectivity index (χ3v) is 5.85. The van der Waals surface area contributed by atoms with E-state index in [1.807, 2.05) is 30.3 Å². The van der Waals surface area contributed by atoms with Gasteiger partial charge in [0.25, 0.3) is 10.0 Å². The number of anilines is 1. The summed E-state index contributed by atoms with van der Waals surface area (Å²) in [6.07, 6.45) is 0. The van der Waals surface area contributed by atoms with Crippen LogP contribution in [0.5, 0.6) is 0 Å². The van der Waals surface area contributed by atoms with Crippen molar-refractivity contribution in [1.29, 1.82) is 0 Å². The third-order valence-electron chi connectivity index (χ3n) is 3.97. The molecular weight excluding hydrogens is 391 g/mol. The summed E-state index contributed by atoms with van der Waals surface area (Å²) in [6.45, 7) is 0. The molecule has 0 spiro atoms. The fourth-order valence-corrected chi connectivity index (χ4v) is 4.35. The predicted octanol–water partition coefficient (Wildman–Crippen LogP) is 5.28. The van der Waals surface area contributed by atoms with E-state index >= 15 is 0 Å². The largest absolute Gasteiger partial charge is 0.279 e. The maximum Gasteiger partial charge on any atom is 0.264 e. The second-order valence-electron chi connectivity index (χ2n) is 5.73. The molecular formula is C19H12Cl2N2O2S. The number of hydrogen-bond donors (Lipinski definition) is 1. The lowest BCUT2D eigenvalue weighted by Gasteiger charge is -2.19. The number of fused-ring (bicyclic) bond motifs is 2. The van der Waals surface area contributed by atoms with Crippen LogP contribution in [0, 0.1) is 0 Å². The summed E-state index contributed by atoms with van der Waals surface area (Å²) in [6, 6.07) is 19.0. The van der Waals surface area contributed by atoms with Crippen molar-refractivity contribution in [3.63, 3.8) is 0 Å². The number of sulfonamides is 1. The summed E-state index contributed by atoms with van der Waals surface area (Å²) in [7, 11) is -3.81. The van der Waals surface area contributed by atoms with Crippen molar-refractivity contribution >= 4 is 50.3 Å². The molecule has 3 aromatic carbocycles. The van der Waals surface area contributed by atoms with Gasteiger partial charge in [-0.25, -0.2) is 13.4 Å². The highest BCUT2D eigenvalue weighted by Crippen LogP contribution is 2.35. The molecule has 0 aliphatic carbocycles. The van der Waals surface area contributed by atoms with Gasteiger partial charge >= 0.3 is 0 Å². The average molecular weight is 403 g/mol.